The van der Waals surface area contributed by atoms with Gasteiger partial charge in [-0.25, -0.2) is 0 Å². The lowest BCUT2D eigenvalue weighted by Gasteiger charge is -2.27. The predicted molar refractivity (Wildman–Crippen MR) is 83.7 cm³/mol. The van der Waals surface area contributed by atoms with Gasteiger partial charge in [0.05, 0.1) is 5.56 Å². The van der Waals surface area contributed by atoms with Crippen LogP contribution in [0.5, 0.6) is 0 Å². The standard InChI is InChI=1S/C13H18INOS/c1-4-10(9-17-3)15(2)13(16)11-7-5-6-8-12(11)14/h5-8,10H,4,9H2,1-3H3. The zero-order chi connectivity index (χ0) is 12.8. The summed E-state index contributed by atoms with van der Waals surface area (Å²) in [6, 6.07) is 8.05. The van der Waals surface area contributed by atoms with Gasteiger partial charge in [-0.3, -0.25) is 4.79 Å². The van der Waals surface area contributed by atoms with Crippen molar-refractivity contribution in [3.05, 3.63) is 33.4 Å². The van der Waals surface area contributed by atoms with Crippen molar-refractivity contribution in [3.63, 3.8) is 0 Å². The Hall–Kier alpha value is -0.230. The van der Waals surface area contributed by atoms with Crippen LogP contribution in [0, 0.1) is 3.57 Å². The van der Waals surface area contributed by atoms with Crippen LogP contribution in [0.1, 0.15) is 23.7 Å². The third-order valence-electron chi connectivity index (χ3n) is 2.80. The fraction of sp³-hybridized carbons (Fsp3) is 0.462. The molecular weight excluding hydrogens is 345 g/mol. The summed E-state index contributed by atoms with van der Waals surface area (Å²) in [6.45, 7) is 2.13. The molecule has 0 heterocycles. The number of thioether (sulfide) groups is 1. The van der Waals surface area contributed by atoms with Gasteiger partial charge in [-0.1, -0.05) is 19.1 Å². The van der Waals surface area contributed by atoms with E-state index in [0.29, 0.717) is 6.04 Å². The van der Waals surface area contributed by atoms with E-state index in [1.54, 1.807) is 11.8 Å². The van der Waals surface area contributed by atoms with Crippen LogP contribution in [0.3, 0.4) is 0 Å². The van der Waals surface area contributed by atoms with Crippen molar-refractivity contribution in [1.29, 1.82) is 0 Å². The molecule has 0 aliphatic heterocycles. The lowest BCUT2D eigenvalue weighted by Crippen LogP contribution is -2.38. The number of hydrogen-bond acceptors (Lipinski definition) is 2. The van der Waals surface area contributed by atoms with Gasteiger partial charge in [0.25, 0.3) is 5.91 Å². The molecule has 1 aromatic carbocycles. The summed E-state index contributed by atoms with van der Waals surface area (Å²) in [5.41, 5.74) is 0.801. The SMILES string of the molecule is CCC(CSC)N(C)C(=O)c1ccccc1I. The first-order valence-corrected chi connectivity index (χ1v) is 8.09. The average Bonchev–Trinajstić information content (AvgIpc) is 2.35. The van der Waals surface area contributed by atoms with Gasteiger partial charge in [0.2, 0.25) is 0 Å². The molecule has 1 rings (SSSR count). The number of amides is 1. The van der Waals surface area contributed by atoms with Crippen molar-refractivity contribution < 1.29 is 4.79 Å². The molecule has 4 heteroatoms. The van der Waals surface area contributed by atoms with Crippen LogP contribution in [0.4, 0.5) is 0 Å². The third kappa shape index (κ3) is 3.88. The Morgan fingerprint density at radius 2 is 2.12 bits per heavy atom. The molecule has 0 aliphatic carbocycles. The number of carbonyl (C=O) groups excluding carboxylic acids is 1. The maximum atomic E-state index is 12.4. The van der Waals surface area contributed by atoms with E-state index in [9.17, 15) is 4.79 Å². The highest BCUT2D eigenvalue weighted by molar-refractivity contribution is 14.1. The summed E-state index contributed by atoms with van der Waals surface area (Å²) >= 11 is 4.00. The molecule has 1 aromatic rings. The Balaban J connectivity index is 2.85. The molecule has 1 unspecified atom stereocenters. The molecule has 0 saturated carbocycles. The minimum atomic E-state index is 0.121. The highest BCUT2D eigenvalue weighted by Crippen LogP contribution is 2.17. The van der Waals surface area contributed by atoms with E-state index in [0.717, 1.165) is 21.3 Å². The number of hydrogen-bond donors (Lipinski definition) is 0. The first kappa shape index (κ1) is 14.8. The molecule has 0 radical (unpaired) electrons. The summed E-state index contributed by atoms with van der Waals surface area (Å²) in [5, 5.41) is 0. The topological polar surface area (TPSA) is 20.3 Å². The van der Waals surface area contributed by atoms with E-state index >= 15 is 0 Å². The molecular formula is C13H18INOS. The quantitative estimate of drug-likeness (QED) is 0.747. The highest BCUT2D eigenvalue weighted by Gasteiger charge is 2.20. The van der Waals surface area contributed by atoms with Gasteiger partial charge < -0.3 is 4.90 Å². The molecule has 0 aromatic heterocycles. The summed E-state index contributed by atoms with van der Waals surface area (Å²) in [4.78, 5) is 14.2. The van der Waals surface area contributed by atoms with Crippen LogP contribution >= 0.6 is 34.4 Å². The van der Waals surface area contributed by atoms with Gasteiger partial charge in [0.15, 0.2) is 0 Å². The first-order valence-electron chi connectivity index (χ1n) is 5.62. The Kier molecular flexibility index (Phi) is 6.33. The molecule has 94 valence electrons. The normalized spacial score (nSPS) is 12.2. The van der Waals surface area contributed by atoms with Crippen LogP contribution in [-0.4, -0.2) is 35.9 Å². The smallest absolute Gasteiger partial charge is 0.254 e. The number of halogens is 1. The van der Waals surface area contributed by atoms with Crippen LogP contribution in [-0.2, 0) is 0 Å². The van der Waals surface area contributed by atoms with Gasteiger partial charge in [0.1, 0.15) is 0 Å². The van der Waals surface area contributed by atoms with E-state index in [1.807, 2.05) is 36.2 Å². The molecule has 1 amide bonds. The van der Waals surface area contributed by atoms with Crippen LogP contribution in [0.15, 0.2) is 24.3 Å². The molecule has 2 nitrogen and oxygen atoms in total. The van der Waals surface area contributed by atoms with Gasteiger partial charge in [-0.2, -0.15) is 11.8 Å². The molecule has 0 N–H and O–H groups in total. The van der Waals surface area contributed by atoms with Gasteiger partial charge in [0, 0.05) is 22.4 Å². The Morgan fingerprint density at radius 3 is 2.65 bits per heavy atom. The monoisotopic (exact) mass is 363 g/mol. The van der Waals surface area contributed by atoms with E-state index in [-0.39, 0.29) is 5.91 Å². The van der Waals surface area contributed by atoms with Crippen molar-refractivity contribution in [3.8, 4) is 0 Å². The predicted octanol–water partition coefficient (Wildman–Crippen LogP) is 3.50. The van der Waals surface area contributed by atoms with Crippen molar-refractivity contribution in [2.45, 2.75) is 19.4 Å². The maximum absolute atomic E-state index is 12.4. The molecule has 1 atom stereocenters. The zero-order valence-electron chi connectivity index (χ0n) is 10.4. The third-order valence-corrected chi connectivity index (χ3v) is 4.46. The van der Waals surface area contributed by atoms with Crippen molar-refractivity contribution in [1.82, 2.24) is 4.90 Å². The molecule has 17 heavy (non-hydrogen) atoms. The Morgan fingerprint density at radius 1 is 1.47 bits per heavy atom. The lowest BCUT2D eigenvalue weighted by atomic mass is 10.1. The van der Waals surface area contributed by atoms with Gasteiger partial charge in [-0.15, -0.1) is 0 Å². The van der Waals surface area contributed by atoms with Gasteiger partial charge >= 0.3 is 0 Å². The van der Waals surface area contributed by atoms with E-state index < -0.39 is 0 Å². The fourth-order valence-corrected chi connectivity index (χ4v) is 3.15. The number of carbonyl (C=O) groups is 1. The first-order chi connectivity index (χ1) is 8.11. The largest absolute Gasteiger partial charge is 0.338 e. The van der Waals surface area contributed by atoms with E-state index in [2.05, 4.69) is 35.8 Å². The molecule has 0 saturated heterocycles. The molecule has 0 spiro atoms. The minimum Gasteiger partial charge on any atom is -0.338 e. The highest BCUT2D eigenvalue weighted by atomic mass is 127. The second-order valence-corrected chi connectivity index (χ2v) is 5.99. The number of nitrogens with zero attached hydrogens (tertiary/aromatic N) is 1. The number of benzene rings is 1. The van der Waals surface area contributed by atoms with Gasteiger partial charge in [-0.05, 0) is 47.4 Å². The van der Waals surface area contributed by atoms with Crippen molar-refractivity contribution >= 4 is 40.3 Å². The van der Waals surface area contributed by atoms with Crippen LogP contribution in [0.25, 0.3) is 0 Å². The summed E-state index contributed by atoms with van der Waals surface area (Å²) in [5.74, 6) is 1.11. The second kappa shape index (κ2) is 7.26. The zero-order valence-corrected chi connectivity index (χ0v) is 13.4. The minimum absolute atomic E-state index is 0.121. The van der Waals surface area contributed by atoms with Crippen molar-refractivity contribution in [2.24, 2.45) is 0 Å². The summed E-state index contributed by atoms with van der Waals surface area (Å²) in [7, 11) is 1.90. The summed E-state index contributed by atoms with van der Waals surface area (Å²) in [6.07, 6.45) is 3.07. The Bertz CT molecular complexity index is 383. The molecule has 0 bridgehead atoms. The van der Waals surface area contributed by atoms with E-state index in [4.69, 9.17) is 0 Å². The second-order valence-electron chi connectivity index (χ2n) is 3.91. The van der Waals surface area contributed by atoms with Crippen LogP contribution in [0.2, 0.25) is 0 Å². The van der Waals surface area contributed by atoms with Crippen LogP contribution < -0.4 is 0 Å². The fourth-order valence-electron chi connectivity index (χ4n) is 1.69. The molecule has 0 aliphatic rings. The van der Waals surface area contributed by atoms with Crippen molar-refractivity contribution in [2.75, 3.05) is 19.1 Å². The summed E-state index contributed by atoms with van der Waals surface area (Å²) < 4.78 is 1.01. The maximum Gasteiger partial charge on any atom is 0.254 e. The molecule has 0 fully saturated rings. The Labute approximate surface area is 121 Å². The van der Waals surface area contributed by atoms with E-state index in [1.165, 1.54) is 0 Å². The lowest BCUT2D eigenvalue weighted by molar-refractivity contribution is 0.0742. The number of rotatable bonds is 5. The average molecular weight is 363 g/mol.